The molecule has 1 aromatic heterocycles. The lowest BCUT2D eigenvalue weighted by molar-refractivity contribution is 0.0602. The van der Waals surface area contributed by atoms with E-state index in [0.717, 1.165) is 9.35 Å². The molecule has 0 unspecified atom stereocenters. The highest BCUT2D eigenvalue weighted by atomic mass is 79.9. The Labute approximate surface area is 122 Å². The standard InChI is InChI=1S/C13H11BrFNO2S/c1-18-13(17)11-3-2-9(15)5-12(11)16-6-10-4-8(14)7-19-10/h2-5,7,16H,6H2,1H3. The number of esters is 1. The average Bonchev–Trinajstić information content (AvgIpc) is 2.81. The van der Waals surface area contributed by atoms with Gasteiger partial charge in [0.2, 0.25) is 0 Å². The Morgan fingerprint density at radius 3 is 2.89 bits per heavy atom. The molecule has 0 aliphatic heterocycles. The van der Waals surface area contributed by atoms with Crippen LogP contribution in [0.25, 0.3) is 0 Å². The van der Waals surface area contributed by atoms with Crippen LogP contribution >= 0.6 is 27.3 Å². The Bertz CT molecular complexity index is 600. The van der Waals surface area contributed by atoms with Gasteiger partial charge in [0.15, 0.2) is 0 Å². The highest BCUT2D eigenvalue weighted by Gasteiger charge is 2.12. The first-order valence-corrected chi connectivity index (χ1v) is 7.12. The maximum atomic E-state index is 13.2. The summed E-state index contributed by atoms with van der Waals surface area (Å²) in [6.45, 7) is 0.518. The summed E-state index contributed by atoms with van der Waals surface area (Å²) >= 11 is 4.94. The lowest BCUT2D eigenvalue weighted by Crippen LogP contribution is -2.08. The summed E-state index contributed by atoms with van der Waals surface area (Å²) in [5.41, 5.74) is 0.746. The van der Waals surface area contributed by atoms with E-state index in [0.29, 0.717) is 17.8 Å². The Kier molecular flexibility index (Phi) is 4.55. The van der Waals surface area contributed by atoms with E-state index in [1.54, 1.807) is 11.3 Å². The summed E-state index contributed by atoms with van der Waals surface area (Å²) in [7, 11) is 1.30. The number of nitrogens with one attached hydrogen (secondary N) is 1. The van der Waals surface area contributed by atoms with Crippen molar-refractivity contribution in [3.05, 3.63) is 50.4 Å². The SMILES string of the molecule is COC(=O)c1ccc(F)cc1NCc1cc(Br)cs1. The van der Waals surface area contributed by atoms with Crippen molar-refractivity contribution in [3.63, 3.8) is 0 Å². The van der Waals surface area contributed by atoms with Crippen molar-refractivity contribution in [1.29, 1.82) is 0 Å². The number of carbonyl (C=O) groups is 1. The van der Waals surface area contributed by atoms with Crippen molar-refractivity contribution >= 4 is 38.9 Å². The van der Waals surface area contributed by atoms with Gasteiger partial charge in [0, 0.05) is 21.3 Å². The molecule has 6 heteroatoms. The molecule has 0 atom stereocenters. The van der Waals surface area contributed by atoms with E-state index in [1.165, 1.54) is 25.3 Å². The maximum absolute atomic E-state index is 13.2. The number of ether oxygens (including phenoxy) is 1. The Hall–Kier alpha value is -1.40. The predicted octanol–water partition coefficient (Wildman–Crippen LogP) is 4.05. The normalized spacial score (nSPS) is 10.3. The molecule has 0 aliphatic carbocycles. The highest BCUT2D eigenvalue weighted by Crippen LogP contribution is 2.23. The van der Waals surface area contributed by atoms with Crippen LogP contribution in [0.4, 0.5) is 10.1 Å². The molecule has 1 aromatic carbocycles. The number of rotatable bonds is 4. The van der Waals surface area contributed by atoms with E-state index >= 15 is 0 Å². The van der Waals surface area contributed by atoms with Gasteiger partial charge in [-0.1, -0.05) is 0 Å². The molecule has 0 aliphatic rings. The van der Waals surface area contributed by atoms with E-state index < -0.39 is 11.8 Å². The van der Waals surface area contributed by atoms with Crippen molar-refractivity contribution in [2.24, 2.45) is 0 Å². The van der Waals surface area contributed by atoms with Crippen LogP contribution in [0.3, 0.4) is 0 Å². The lowest BCUT2D eigenvalue weighted by atomic mass is 10.1. The second-order valence-electron chi connectivity index (χ2n) is 3.77. The largest absolute Gasteiger partial charge is 0.465 e. The minimum Gasteiger partial charge on any atom is -0.465 e. The number of anilines is 1. The smallest absolute Gasteiger partial charge is 0.339 e. The van der Waals surface area contributed by atoms with Gasteiger partial charge in [-0.2, -0.15) is 0 Å². The molecule has 0 radical (unpaired) electrons. The minimum atomic E-state index is -0.491. The van der Waals surface area contributed by atoms with Crippen LogP contribution in [-0.4, -0.2) is 13.1 Å². The van der Waals surface area contributed by atoms with Crippen LogP contribution in [0.2, 0.25) is 0 Å². The molecular weight excluding hydrogens is 333 g/mol. The van der Waals surface area contributed by atoms with Crippen LogP contribution in [0, 0.1) is 5.82 Å². The van der Waals surface area contributed by atoms with Gasteiger partial charge >= 0.3 is 5.97 Å². The third kappa shape index (κ3) is 3.54. The Balaban J connectivity index is 2.18. The predicted molar refractivity (Wildman–Crippen MR) is 77.1 cm³/mol. The summed E-state index contributed by atoms with van der Waals surface area (Å²) < 4.78 is 18.9. The zero-order valence-corrected chi connectivity index (χ0v) is 12.5. The van der Waals surface area contributed by atoms with Crippen LogP contribution in [0.5, 0.6) is 0 Å². The first-order valence-electron chi connectivity index (χ1n) is 5.45. The van der Waals surface area contributed by atoms with E-state index in [2.05, 4.69) is 26.0 Å². The van der Waals surface area contributed by atoms with Crippen LogP contribution < -0.4 is 5.32 Å². The molecule has 0 fully saturated rings. The number of halogens is 2. The summed E-state index contributed by atoms with van der Waals surface area (Å²) in [5, 5.41) is 5.01. The van der Waals surface area contributed by atoms with E-state index in [-0.39, 0.29) is 0 Å². The summed E-state index contributed by atoms with van der Waals surface area (Å²) in [4.78, 5) is 12.6. The van der Waals surface area contributed by atoms with Gasteiger partial charge in [0.1, 0.15) is 5.82 Å². The second kappa shape index (κ2) is 6.16. The fourth-order valence-electron chi connectivity index (χ4n) is 1.58. The fourth-order valence-corrected chi connectivity index (χ4v) is 2.97. The van der Waals surface area contributed by atoms with E-state index in [9.17, 15) is 9.18 Å². The van der Waals surface area contributed by atoms with Gasteiger partial charge < -0.3 is 10.1 Å². The molecule has 3 nitrogen and oxygen atoms in total. The molecule has 0 saturated carbocycles. The van der Waals surface area contributed by atoms with Gasteiger partial charge in [-0.25, -0.2) is 9.18 Å². The number of hydrogen-bond donors (Lipinski definition) is 1. The number of benzene rings is 1. The van der Waals surface area contributed by atoms with Gasteiger partial charge in [-0.05, 0) is 40.2 Å². The van der Waals surface area contributed by atoms with Crippen molar-refractivity contribution in [1.82, 2.24) is 0 Å². The molecule has 2 aromatic rings. The topological polar surface area (TPSA) is 38.3 Å². The lowest BCUT2D eigenvalue weighted by Gasteiger charge is -2.10. The van der Waals surface area contributed by atoms with Crippen molar-refractivity contribution in [2.75, 3.05) is 12.4 Å². The van der Waals surface area contributed by atoms with Crippen LogP contribution in [0.1, 0.15) is 15.2 Å². The number of hydrogen-bond acceptors (Lipinski definition) is 4. The third-order valence-corrected chi connectivity index (χ3v) is 4.16. The summed E-state index contributed by atoms with van der Waals surface area (Å²) in [5.74, 6) is -0.891. The van der Waals surface area contributed by atoms with Gasteiger partial charge in [0.05, 0.1) is 18.4 Å². The molecule has 0 amide bonds. The van der Waals surface area contributed by atoms with Gasteiger partial charge in [-0.15, -0.1) is 11.3 Å². The zero-order valence-electron chi connectivity index (χ0n) is 10.1. The van der Waals surface area contributed by atoms with E-state index in [4.69, 9.17) is 0 Å². The molecular formula is C13H11BrFNO2S. The molecule has 2 rings (SSSR count). The monoisotopic (exact) mass is 343 g/mol. The minimum absolute atomic E-state index is 0.319. The molecule has 0 spiro atoms. The quantitative estimate of drug-likeness (QED) is 0.851. The highest BCUT2D eigenvalue weighted by molar-refractivity contribution is 9.10. The zero-order chi connectivity index (χ0) is 13.8. The second-order valence-corrected chi connectivity index (χ2v) is 5.68. The first-order chi connectivity index (χ1) is 9.10. The summed E-state index contributed by atoms with van der Waals surface area (Å²) in [6, 6.07) is 5.90. The summed E-state index contributed by atoms with van der Waals surface area (Å²) in [6.07, 6.45) is 0. The number of carbonyl (C=O) groups excluding carboxylic acids is 1. The molecule has 19 heavy (non-hydrogen) atoms. The Morgan fingerprint density at radius 1 is 1.47 bits per heavy atom. The maximum Gasteiger partial charge on any atom is 0.339 e. The number of thiophene rings is 1. The molecule has 100 valence electrons. The van der Waals surface area contributed by atoms with E-state index in [1.807, 2.05) is 11.4 Å². The average molecular weight is 344 g/mol. The molecule has 0 saturated heterocycles. The third-order valence-electron chi connectivity index (χ3n) is 2.46. The first kappa shape index (κ1) is 14.0. The Morgan fingerprint density at radius 2 is 2.26 bits per heavy atom. The van der Waals surface area contributed by atoms with Crippen LogP contribution in [0.15, 0.2) is 34.1 Å². The van der Waals surface area contributed by atoms with Gasteiger partial charge in [-0.3, -0.25) is 0 Å². The fraction of sp³-hybridized carbons (Fsp3) is 0.154. The molecule has 0 bridgehead atoms. The molecule has 1 N–H and O–H groups in total. The molecule has 1 heterocycles. The van der Waals surface area contributed by atoms with Crippen molar-refractivity contribution in [3.8, 4) is 0 Å². The van der Waals surface area contributed by atoms with Crippen LogP contribution in [-0.2, 0) is 11.3 Å². The van der Waals surface area contributed by atoms with Crippen molar-refractivity contribution < 1.29 is 13.9 Å². The van der Waals surface area contributed by atoms with Crippen molar-refractivity contribution in [2.45, 2.75) is 6.54 Å². The number of methoxy groups -OCH3 is 1. The van der Waals surface area contributed by atoms with Gasteiger partial charge in [0.25, 0.3) is 0 Å².